The molecule has 0 aromatic rings. The van der Waals surface area contributed by atoms with E-state index in [1.807, 2.05) is 0 Å². The molecule has 0 radical (unpaired) electrons. The predicted molar refractivity (Wildman–Crippen MR) is 74.8 cm³/mol. The fourth-order valence-corrected chi connectivity index (χ4v) is 3.26. The highest BCUT2D eigenvalue weighted by molar-refractivity contribution is 5.77. The molecule has 3 unspecified atom stereocenters. The fraction of sp³-hybridized carbons (Fsp3) is 0.929. The van der Waals surface area contributed by atoms with Gasteiger partial charge in [-0.05, 0) is 19.8 Å². The van der Waals surface area contributed by atoms with Crippen LogP contribution in [0.4, 0.5) is 0 Å². The number of nitrogens with zero attached hydrogens (tertiary/aromatic N) is 1. The third kappa shape index (κ3) is 4.44. The molecule has 5 heteroatoms. The van der Waals surface area contributed by atoms with Gasteiger partial charge in [0.1, 0.15) is 0 Å². The summed E-state index contributed by atoms with van der Waals surface area (Å²) < 4.78 is 5.36. The normalized spacial score (nSPS) is 31.0. The van der Waals surface area contributed by atoms with E-state index in [9.17, 15) is 4.79 Å². The van der Waals surface area contributed by atoms with Gasteiger partial charge in [0.15, 0.2) is 0 Å². The van der Waals surface area contributed by atoms with Gasteiger partial charge in [-0.25, -0.2) is 0 Å². The standard InChI is InChI=1S/C14H27N3O2/c1-11(10-17-6-8-19-9-7-17)16-13-5-3-2-4-12(13)14(15)18/h11-13,16H,2-10H2,1H3,(H2,15,18). The Morgan fingerprint density at radius 3 is 2.74 bits per heavy atom. The SMILES string of the molecule is CC(CN1CCOCC1)NC1CCCCC1C(N)=O. The summed E-state index contributed by atoms with van der Waals surface area (Å²) in [5, 5.41) is 3.61. The highest BCUT2D eigenvalue weighted by atomic mass is 16.5. The number of hydrogen-bond donors (Lipinski definition) is 2. The van der Waals surface area contributed by atoms with Crippen LogP contribution in [-0.2, 0) is 9.53 Å². The molecule has 110 valence electrons. The van der Waals surface area contributed by atoms with Gasteiger partial charge < -0.3 is 15.8 Å². The minimum Gasteiger partial charge on any atom is -0.379 e. The smallest absolute Gasteiger partial charge is 0.222 e. The first-order valence-corrected chi connectivity index (χ1v) is 7.52. The number of nitrogens with one attached hydrogen (secondary N) is 1. The van der Waals surface area contributed by atoms with Gasteiger partial charge in [-0.1, -0.05) is 12.8 Å². The number of morpholine rings is 1. The molecule has 1 saturated carbocycles. The van der Waals surface area contributed by atoms with E-state index in [-0.39, 0.29) is 17.9 Å². The van der Waals surface area contributed by atoms with Crippen LogP contribution in [0.3, 0.4) is 0 Å². The largest absolute Gasteiger partial charge is 0.379 e. The summed E-state index contributed by atoms with van der Waals surface area (Å²) in [6.07, 6.45) is 4.34. The molecule has 0 spiro atoms. The van der Waals surface area contributed by atoms with Crippen LogP contribution in [0.25, 0.3) is 0 Å². The maximum Gasteiger partial charge on any atom is 0.222 e. The topological polar surface area (TPSA) is 67.6 Å². The van der Waals surface area contributed by atoms with Crippen LogP contribution in [0.1, 0.15) is 32.6 Å². The van der Waals surface area contributed by atoms with Gasteiger partial charge in [-0.3, -0.25) is 9.69 Å². The van der Waals surface area contributed by atoms with E-state index >= 15 is 0 Å². The Bertz CT molecular complexity index is 292. The highest BCUT2D eigenvalue weighted by Gasteiger charge is 2.30. The average molecular weight is 269 g/mol. The Kier molecular flexibility index (Phi) is 5.60. The van der Waals surface area contributed by atoms with Crippen molar-refractivity contribution in [2.75, 3.05) is 32.8 Å². The van der Waals surface area contributed by atoms with E-state index in [1.54, 1.807) is 0 Å². The van der Waals surface area contributed by atoms with Gasteiger partial charge in [0.05, 0.1) is 19.1 Å². The first-order chi connectivity index (χ1) is 9.16. The number of rotatable bonds is 5. The van der Waals surface area contributed by atoms with E-state index in [1.165, 1.54) is 6.42 Å². The Morgan fingerprint density at radius 2 is 2.05 bits per heavy atom. The van der Waals surface area contributed by atoms with E-state index < -0.39 is 0 Å². The zero-order valence-corrected chi connectivity index (χ0v) is 11.9. The molecule has 3 N–H and O–H groups in total. The fourth-order valence-electron chi connectivity index (χ4n) is 3.26. The van der Waals surface area contributed by atoms with Crippen LogP contribution in [-0.4, -0.2) is 55.7 Å². The number of ether oxygens (including phenoxy) is 1. The minimum absolute atomic E-state index is 0.0147. The van der Waals surface area contributed by atoms with Crippen molar-refractivity contribution in [2.24, 2.45) is 11.7 Å². The second-order valence-electron chi connectivity index (χ2n) is 5.88. The summed E-state index contributed by atoms with van der Waals surface area (Å²) in [4.78, 5) is 13.9. The molecule has 3 atom stereocenters. The molecule has 2 aliphatic rings. The van der Waals surface area contributed by atoms with Crippen LogP contribution in [0.5, 0.6) is 0 Å². The highest BCUT2D eigenvalue weighted by Crippen LogP contribution is 2.24. The van der Waals surface area contributed by atoms with Gasteiger partial charge in [0.2, 0.25) is 5.91 Å². The van der Waals surface area contributed by atoms with Crippen molar-refractivity contribution in [1.29, 1.82) is 0 Å². The van der Waals surface area contributed by atoms with Crippen molar-refractivity contribution in [3.8, 4) is 0 Å². The van der Waals surface area contributed by atoms with Crippen molar-refractivity contribution in [1.82, 2.24) is 10.2 Å². The van der Waals surface area contributed by atoms with Gasteiger partial charge >= 0.3 is 0 Å². The summed E-state index contributed by atoms with van der Waals surface area (Å²) >= 11 is 0. The molecule has 1 amide bonds. The number of hydrogen-bond acceptors (Lipinski definition) is 4. The van der Waals surface area contributed by atoms with Crippen LogP contribution >= 0.6 is 0 Å². The molecule has 1 aliphatic heterocycles. The van der Waals surface area contributed by atoms with E-state index in [0.717, 1.165) is 52.1 Å². The molecule has 19 heavy (non-hydrogen) atoms. The average Bonchev–Trinajstić information content (AvgIpc) is 2.40. The molecule has 0 aromatic carbocycles. The molecule has 1 aliphatic carbocycles. The monoisotopic (exact) mass is 269 g/mol. The Hall–Kier alpha value is -0.650. The number of nitrogens with two attached hydrogens (primary N) is 1. The predicted octanol–water partition coefficient (Wildman–Crippen LogP) is 0.341. The van der Waals surface area contributed by atoms with Crippen molar-refractivity contribution < 1.29 is 9.53 Å². The lowest BCUT2D eigenvalue weighted by Crippen LogP contribution is -2.52. The number of amides is 1. The molecule has 2 fully saturated rings. The van der Waals surface area contributed by atoms with Crippen LogP contribution < -0.4 is 11.1 Å². The van der Waals surface area contributed by atoms with E-state index in [2.05, 4.69) is 17.1 Å². The van der Waals surface area contributed by atoms with Gasteiger partial charge in [0, 0.05) is 31.7 Å². The van der Waals surface area contributed by atoms with Gasteiger partial charge in [-0.15, -0.1) is 0 Å². The number of primary amides is 1. The summed E-state index contributed by atoms with van der Waals surface area (Å²) in [5.74, 6) is -0.128. The Labute approximate surface area is 115 Å². The first kappa shape index (κ1) is 14.8. The minimum atomic E-state index is -0.143. The number of carbonyl (C=O) groups excluding carboxylic acids is 1. The first-order valence-electron chi connectivity index (χ1n) is 7.52. The van der Waals surface area contributed by atoms with E-state index in [4.69, 9.17) is 10.5 Å². The second-order valence-corrected chi connectivity index (χ2v) is 5.88. The van der Waals surface area contributed by atoms with Crippen molar-refractivity contribution in [2.45, 2.75) is 44.7 Å². The zero-order valence-electron chi connectivity index (χ0n) is 11.9. The molecule has 0 aromatic heterocycles. The Balaban J connectivity index is 1.79. The molecule has 1 heterocycles. The second kappa shape index (κ2) is 7.22. The summed E-state index contributed by atoms with van der Waals surface area (Å²) in [6, 6.07) is 0.658. The lowest BCUT2D eigenvalue weighted by Gasteiger charge is -2.35. The van der Waals surface area contributed by atoms with Crippen LogP contribution in [0, 0.1) is 5.92 Å². The molecule has 5 nitrogen and oxygen atoms in total. The maximum atomic E-state index is 11.5. The Morgan fingerprint density at radius 1 is 1.37 bits per heavy atom. The molecule has 2 rings (SSSR count). The lowest BCUT2D eigenvalue weighted by molar-refractivity contribution is -0.123. The van der Waals surface area contributed by atoms with Crippen LogP contribution in [0.15, 0.2) is 0 Å². The van der Waals surface area contributed by atoms with Crippen molar-refractivity contribution >= 4 is 5.91 Å². The zero-order chi connectivity index (χ0) is 13.7. The lowest BCUT2D eigenvalue weighted by atomic mass is 9.83. The summed E-state index contributed by atoms with van der Waals surface area (Å²) in [5.41, 5.74) is 5.51. The van der Waals surface area contributed by atoms with Crippen LogP contribution in [0.2, 0.25) is 0 Å². The van der Waals surface area contributed by atoms with Gasteiger partial charge in [-0.2, -0.15) is 0 Å². The number of carbonyl (C=O) groups is 1. The molecular weight excluding hydrogens is 242 g/mol. The third-order valence-corrected chi connectivity index (χ3v) is 4.27. The maximum absolute atomic E-state index is 11.5. The van der Waals surface area contributed by atoms with Gasteiger partial charge in [0.25, 0.3) is 0 Å². The summed E-state index contributed by atoms with van der Waals surface area (Å²) in [6.45, 7) is 6.90. The van der Waals surface area contributed by atoms with Crippen molar-refractivity contribution in [3.05, 3.63) is 0 Å². The van der Waals surface area contributed by atoms with Crippen molar-refractivity contribution in [3.63, 3.8) is 0 Å². The summed E-state index contributed by atoms with van der Waals surface area (Å²) in [7, 11) is 0. The molecule has 0 bridgehead atoms. The quantitative estimate of drug-likeness (QED) is 0.755. The molecular formula is C14H27N3O2. The molecule has 1 saturated heterocycles. The van der Waals surface area contributed by atoms with E-state index in [0.29, 0.717) is 6.04 Å². The third-order valence-electron chi connectivity index (χ3n) is 4.27.